The van der Waals surface area contributed by atoms with Gasteiger partial charge in [0, 0.05) is 34.7 Å². The molecular weight excluding hydrogens is 559 g/mol. The maximum atomic E-state index is 13.2. The van der Waals surface area contributed by atoms with E-state index in [9.17, 15) is 18.0 Å². The molecular formula is C30H31ClF3N3O4. The maximum absolute atomic E-state index is 13.2. The zero-order valence-corrected chi connectivity index (χ0v) is 23.5. The number of nitrogens with zero attached hydrogens (tertiary/aromatic N) is 2. The second-order valence-corrected chi connectivity index (χ2v) is 10.6. The molecule has 1 heterocycles. The third-order valence-electron chi connectivity index (χ3n) is 6.76. The number of hydrogen-bond donors (Lipinski definition) is 3. The quantitative estimate of drug-likeness (QED) is 0.185. The van der Waals surface area contributed by atoms with Crippen LogP contribution in [0.25, 0.3) is 22.0 Å². The molecule has 1 amide bonds. The van der Waals surface area contributed by atoms with Crippen LogP contribution in [0.5, 0.6) is 5.75 Å². The summed E-state index contributed by atoms with van der Waals surface area (Å²) in [6, 6.07) is 13.8. The number of benzene rings is 3. The molecule has 0 aliphatic rings. The van der Waals surface area contributed by atoms with E-state index >= 15 is 0 Å². The van der Waals surface area contributed by atoms with Gasteiger partial charge in [0.2, 0.25) is 0 Å². The van der Waals surface area contributed by atoms with Crippen molar-refractivity contribution in [3.63, 3.8) is 0 Å². The molecule has 0 bridgehead atoms. The van der Waals surface area contributed by atoms with Gasteiger partial charge in [-0.15, -0.1) is 0 Å². The number of nitrogens with one attached hydrogen (secondary N) is 1. The monoisotopic (exact) mass is 589 g/mol. The number of amides is 1. The first kappa shape index (κ1) is 30.4. The molecule has 0 spiro atoms. The van der Waals surface area contributed by atoms with Crippen LogP contribution in [0.4, 0.5) is 13.2 Å². The van der Waals surface area contributed by atoms with E-state index in [4.69, 9.17) is 26.6 Å². The van der Waals surface area contributed by atoms with Crippen molar-refractivity contribution in [3.05, 3.63) is 82.5 Å². The van der Waals surface area contributed by atoms with Gasteiger partial charge in [-0.3, -0.25) is 9.48 Å². The highest BCUT2D eigenvalue weighted by atomic mass is 35.5. The topological polar surface area (TPSA) is 96.6 Å². The third kappa shape index (κ3) is 6.83. The van der Waals surface area contributed by atoms with E-state index in [0.29, 0.717) is 33.7 Å². The number of halogens is 4. The van der Waals surface area contributed by atoms with Crippen LogP contribution in [0.3, 0.4) is 0 Å². The fraction of sp³-hybridized carbons (Fsp3) is 0.333. The van der Waals surface area contributed by atoms with Gasteiger partial charge in [0.05, 0.1) is 35.8 Å². The van der Waals surface area contributed by atoms with Crippen LogP contribution in [-0.4, -0.2) is 45.8 Å². The van der Waals surface area contributed by atoms with Crippen LogP contribution in [-0.2, 0) is 6.18 Å². The molecule has 0 unspecified atom stereocenters. The summed E-state index contributed by atoms with van der Waals surface area (Å²) in [7, 11) is 1.49. The van der Waals surface area contributed by atoms with Crippen molar-refractivity contribution in [1.82, 2.24) is 15.1 Å². The van der Waals surface area contributed by atoms with E-state index in [2.05, 4.69) is 24.3 Å². The maximum Gasteiger partial charge on any atom is 0.416 e. The number of carbonyl (C=O) groups is 1. The summed E-state index contributed by atoms with van der Waals surface area (Å²) in [6.45, 7) is 4.33. The first-order valence-electron chi connectivity index (χ1n) is 13.1. The lowest BCUT2D eigenvalue weighted by Gasteiger charge is -2.22. The average molecular weight is 590 g/mol. The predicted octanol–water partition coefficient (Wildman–Crippen LogP) is 6.45. The molecule has 0 aliphatic heterocycles. The summed E-state index contributed by atoms with van der Waals surface area (Å²) < 4.78 is 47.1. The Morgan fingerprint density at radius 2 is 1.76 bits per heavy atom. The molecule has 0 saturated heterocycles. The Kier molecular flexibility index (Phi) is 9.26. The standard InChI is InChI=1S/C30H31ClF3N3O4/c1-17(2)14-26(18-4-6-19(7-5-18)29(40)35-13-12-27(38)39)37-25-11-10-22(28(41-3)23(25)16-36-37)21-9-8-20(15-24(21)31)30(32,33)34/h4-11,15-17,26-27,38-39H,12-14H2,1-3H3,(H,35,40)/t26-/m0/s1. The van der Waals surface area contributed by atoms with Crippen LogP contribution in [0.15, 0.2) is 60.8 Å². The summed E-state index contributed by atoms with van der Waals surface area (Å²) in [5.74, 6) is 0.430. The molecule has 1 atom stereocenters. The number of rotatable bonds is 10. The Hall–Kier alpha value is -3.60. The number of aliphatic hydroxyl groups is 2. The third-order valence-corrected chi connectivity index (χ3v) is 7.07. The smallest absolute Gasteiger partial charge is 0.416 e. The number of hydrogen-bond acceptors (Lipinski definition) is 5. The number of aliphatic hydroxyl groups excluding tert-OH is 1. The first-order valence-corrected chi connectivity index (χ1v) is 13.4. The molecule has 0 fully saturated rings. The largest absolute Gasteiger partial charge is 0.495 e. The Morgan fingerprint density at radius 1 is 1.07 bits per heavy atom. The van der Waals surface area contributed by atoms with Gasteiger partial charge in [0.1, 0.15) is 5.75 Å². The zero-order chi connectivity index (χ0) is 29.9. The van der Waals surface area contributed by atoms with E-state index in [1.54, 1.807) is 24.4 Å². The Labute approximate surface area is 240 Å². The predicted molar refractivity (Wildman–Crippen MR) is 151 cm³/mol. The molecule has 4 aromatic rings. The van der Waals surface area contributed by atoms with Crippen molar-refractivity contribution >= 4 is 28.4 Å². The molecule has 41 heavy (non-hydrogen) atoms. The lowest BCUT2D eigenvalue weighted by Crippen LogP contribution is -2.27. The van der Waals surface area contributed by atoms with Crippen LogP contribution >= 0.6 is 11.6 Å². The number of ether oxygens (including phenoxy) is 1. The Bertz CT molecular complexity index is 1520. The molecule has 0 radical (unpaired) electrons. The average Bonchev–Trinajstić information content (AvgIpc) is 3.34. The molecule has 1 aromatic heterocycles. The van der Waals surface area contributed by atoms with Gasteiger partial charge in [-0.2, -0.15) is 18.3 Å². The minimum atomic E-state index is -4.51. The van der Waals surface area contributed by atoms with E-state index in [0.717, 1.165) is 29.6 Å². The van der Waals surface area contributed by atoms with Crippen molar-refractivity contribution in [2.75, 3.05) is 13.7 Å². The molecule has 0 saturated carbocycles. The zero-order valence-electron chi connectivity index (χ0n) is 22.7. The fourth-order valence-electron chi connectivity index (χ4n) is 4.78. The SMILES string of the molecule is COc1c(-c2ccc(C(F)(F)F)cc2Cl)ccc2c1cnn2[C@@H](CC(C)C)c1ccc(C(=O)NCCC(O)O)cc1. The van der Waals surface area contributed by atoms with Gasteiger partial charge >= 0.3 is 6.18 Å². The van der Waals surface area contributed by atoms with E-state index in [1.807, 2.05) is 22.9 Å². The number of aromatic nitrogens is 2. The molecule has 3 N–H and O–H groups in total. The normalized spacial score (nSPS) is 12.8. The van der Waals surface area contributed by atoms with E-state index < -0.39 is 18.0 Å². The minimum Gasteiger partial charge on any atom is -0.495 e. The lowest BCUT2D eigenvalue weighted by molar-refractivity contribution is -0.137. The number of methoxy groups -OCH3 is 1. The number of alkyl halides is 3. The van der Waals surface area contributed by atoms with Crippen molar-refractivity contribution in [1.29, 1.82) is 0 Å². The molecule has 7 nitrogen and oxygen atoms in total. The van der Waals surface area contributed by atoms with Gasteiger partial charge in [-0.1, -0.05) is 43.6 Å². The molecule has 11 heteroatoms. The highest BCUT2D eigenvalue weighted by Gasteiger charge is 2.31. The molecule has 4 rings (SSSR count). The molecule has 0 aliphatic carbocycles. The van der Waals surface area contributed by atoms with Gasteiger partial charge in [0.15, 0.2) is 6.29 Å². The lowest BCUT2D eigenvalue weighted by atomic mass is 9.95. The highest BCUT2D eigenvalue weighted by Crippen LogP contribution is 2.42. The number of fused-ring (bicyclic) bond motifs is 1. The van der Waals surface area contributed by atoms with Gasteiger partial charge in [0.25, 0.3) is 5.91 Å². The van der Waals surface area contributed by atoms with Gasteiger partial charge in [-0.25, -0.2) is 0 Å². The Morgan fingerprint density at radius 3 is 2.34 bits per heavy atom. The van der Waals surface area contributed by atoms with Crippen LogP contribution in [0.1, 0.15) is 54.2 Å². The highest BCUT2D eigenvalue weighted by molar-refractivity contribution is 6.33. The molecule has 3 aromatic carbocycles. The Balaban J connectivity index is 1.70. The van der Waals surface area contributed by atoms with Crippen molar-refractivity contribution in [2.45, 2.75) is 45.2 Å². The summed E-state index contributed by atoms with van der Waals surface area (Å²) in [4.78, 5) is 12.4. The van der Waals surface area contributed by atoms with E-state index in [-0.39, 0.29) is 29.9 Å². The van der Waals surface area contributed by atoms with Crippen molar-refractivity contribution < 1.29 is 32.9 Å². The first-order chi connectivity index (χ1) is 19.4. The van der Waals surface area contributed by atoms with Crippen LogP contribution in [0.2, 0.25) is 5.02 Å². The fourth-order valence-corrected chi connectivity index (χ4v) is 5.07. The van der Waals surface area contributed by atoms with E-state index in [1.165, 1.54) is 13.2 Å². The van der Waals surface area contributed by atoms with Crippen LogP contribution in [0, 0.1) is 5.92 Å². The summed E-state index contributed by atoms with van der Waals surface area (Å²) in [5.41, 5.74) is 2.26. The second kappa shape index (κ2) is 12.5. The summed E-state index contributed by atoms with van der Waals surface area (Å²) in [6.07, 6.45) is -3.55. The minimum absolute atomic E-state index is 0.0307. The second-order valence-electron chi connectivity index (χ2n) is 10.2. The van der Waals surface area contributed by atoms with Crippen molar-refractivity contribution in [3.8, 4) is 16.9 Å². The molecule has 218 valence electrons. The van der Waals surface area contributed by atoms with Crippen LogP contribution < -0.4 is 10.1 Å². The van der Waals surface area contributed by atoms with Gasteiger partial charge < -0.3 is 20.3 Å². The summed E-state index contributed by atoms with van der Waals surface area (Å²) in [5, 5.41) is 25.9. The van der Waals surface area contributed by atoms with Gasteiger partial charge in [-0.05, 0) is 54.3 Å². The van der Waals surface area contributed by atoms with Crippen molar-refractivity contribution in [2.24, 2.45) is 5.92 Å². The number of carbonyl (C=O) groups excluding carboxylic acids is 1. The summed E-state index contributed by atoms with van der Waals surface area (Å²) >= 11 is 6.29.